The number of likely N-dealkylation sites (N-methyl/N-ethyl adjacent to an activating group) is 1. The standard InChI is InChI=1S/C17H25NO3/c1-12-8-9-14(13(2)10-12)17(6,11-19)18(7)15(20)21-16(3,4)5/h8-11H,1-7H3. The zero-order chi connectivity index (χ0) is 16.4. The van der Waals surface area contributed by atoms with Gasteiger partial charge in [0.15, 0.2) is 0 Å². The number of benzene rings is 1. The van der Waals surface area contributed by atoms with Gasteiger partial charge in [-0.1, -0.05) is 23.8 Å². The maximum absolute atomic E-state index is 12.3. The maximum atomic E-state index is 12.3. The molecule has 1 unspecified atom stereocenters. The number of hydrogen-bond donors (Lipinski definition) is 0. The molecule has 0 aliphatic heterocycles. The van der Waals surface area contributed by atoms with E-state index in [1.165, 1.54) is 4.90 Å². The van der Waals surface area contributed by atoms with E-state index in [1.807, 2.05) is 32.0 Å². The molecule has 0 aromatic heterocycles. The number of aryl methyl sites for hydroxylation is 2. The summed E-state index contributed by atoms with van der Waals surface area (Å²) in [6.07, 6.45) is 0.270. The van der Waals surface area contributed by atoms with E-state index in [9.17, 15) is 9.59 Å². The third-order valence-corrected chi connectivity index (χ3v) is 3.52. The first-order chi connectivity index (χ1) is 9.51. The highest BCUT2D eigenvalue weighted by Crippen LogP contribution is 2.29. The topological polar surface area (TPSA) is 46.6 Å². The largest absolute Gasteiger partial charge is 0.444 e. The van der Waals surface area contributed by atoms with E-state index in [4.69, 9.17) is 4.74 Å². The molecule has 4 heteroatoms. The Morgan fingerprint density at radius 2 is 1.76 bits per heavy atom. The molecule has 0 saturated heterocycles. The van der Waals surface area contributed by atoms with Crippen LogP contribution in [0.1, 0.15) is 44.4 Å². The van der Waals surface area contributed by atoms with Gasteiger partial charge >= 0.3 is 6.09 Å². The zero-order valence-electron chi connectivity index (χ0n) is 14.0. The van der Waals surface area contributed by atoms with Crippen molar-refractivity contribution in [3.05, 3.63) is 34.9 Å². The number of nitrogens with zero attached hydrogens (tertiary/aromatic N) is 1. The second-order valence-corrected chi connectivity index (χ2v) is 6.62. The third kappa shape index (κ3) is 3.84. The lowest BCUT2D eigenvalue weighted by Crippen LogP contribution is -2.48. The molecule has 0 radical (unpaired) electrons. The summed E-state index contributed by atoms with van der Waals surface area (Å²) >= 11 is 0. The summed E-state index contributed by atoms with van der Waals surface area (Å²) in [6, 6.07) is 5.83. The van der Waals surface area contributed by atoms with E-state index in [0.29, 0.717) is 0 Å². The summed E-state index contributed by atoms with van der Waals surface area (Å²) < 4.78 is 5.36. The molecular weight excluding hydrogens is 266 g/mol. The van der Waals surface area contributed by atoms with Crippen molar-refractivity contribution < 1.29 is 14.3 Å². The van der Waals surface area contributed by atoms with Gasteiger partial charge in [-0.25, -0.2) is 4.79 Å². The number of carbonyl (C=O) groups is 2. The molecule has 4 nitrogen and oxygen atoms in total. The van der Waals surface area contributed by atoms with Crippen LogP contribution >= 0.6 is 0 Å². The highest BCUT2D eigenvalue weighted by molar-refractivity contribution is 5.78. The van der Waals surface area contributed by atoms with Crippen LogP contribution in [0.25, 0.3) is 0 Å². The molecule has 0 spiro atoms. The lowest BCUT2D eigenvalue weighted by atomic mass is 9.88. The van der Waals surface area contributed by atoms with Crippen LogP contribution in [0.5, 0.6) is 0 Å². The summed E-state index contributed by atoms with van der Waals surface area (Å²) in [6.45, 7) is 11.1. The third-order valence-electron chi connectivity index (χ3n) is 3.52. The first-order valence-corrected chi connectivity index (χ1v) is 7.02. The number of hydrogen-bond acceptors (Lipinski definition) is 3. The van der Waals surface area contributed by atoms with Crippen LogP contribution < -0.4 is 0 Å². The minimum absolute atomic E-state index is 0.517. The molecular formula is C17H25NO3. The minimum Gasteiger partial charge on any atom is -0.444 e. The summed E-state index contributed by atoms with van der Waals surface area (Å²) in [7, 11) is 1.59. The fraction of sp³-hybridized carbons (Fsp3) is 0.529. The Bertz CT molecular complexity index is 545. The smallest absolute Gasteiger partial charge is 0.411 e. The zero-order valence-corrected chi connectivity index (χ0v) is 14.0. The Balaban J connectivity index is 3.20. The predicted molar refractivity (Wildman–Crippen MR) is 83.3 cm³/mol. The second-order valence-electron chi connectivity index (χ2n) is 6.62. The van der Waals surface area contributed by atoms with Gasteiger partial charge in [0.05, 0.1) is 0 Å². The fourth-order valence-electron chi connectivity index (χ4n) is 2.22. The number of ether oxygens (including phenoxy) is 1. The predicted octanol–water partition coefficient (Wildman–Crippen LogP) is 3.58. The molecule has 1 aromatic carbocycles. The van der Waals surface area contributed by atoms with Gasteiger partial charge in [-0.2, -0.15) is 0 Å². The SMILES string of the molecule is Cc1ccc(C(C)(C=O)N(C)C(=O)OC(C)(C)C)c(C)c1. The van der Waals surface area contributed by atoms with Crippen LogP contribution in [0.4, 0.5) is 4.79 Å². The van der Waals surface area contributed by atoms with Gasteiger partial charge in [-0.15, -0.1) is 0 Å². The molecule has 0 aliphatic carbocycles. The van der Waals surface area contributed by atoms with Crippen molar-refractivity contribution in [2.45, 2.75) is 52.7 Å². The number of amides is 1. The van der Waals surface area contributed by atoms with Gasteiger partial charge in [0.1, 0.15) is 17.4 Å². The Labute approximate surface area is 127 Å². The van der Waals surface area contributed by atoms with Crippen LogP contribution in [0.15, 0.2) is 18.2 Å². The van der Waals surface area contributed by atoms with Crippen molar-refractivity contribution in [3.8, 4) is 0 Å². The number of rotatable bonds is 3. The van der Waals surface area contributed by atoms with Crippen molar-refractivity contribution in [2.75, 3.05) is 7.05 Å². The maximum Gasteiger partial charge on any atom is 0.411 e. The first-order valence-electron chi connectivity index (χ1n) is 7.02. The number of carbonyl (C=O) groups excluding carboxylic acids is 2. The van der Waals surface area contributed by atoms with Gasteiger partial charge in [0.2, 0.25) is 0 Å². The quantitative estimate of drug-likeness (QED) is 0.800. The van der Waals surface area contributed by atoms with Gasteiger partial charge in [0.25, 0.3) is 0 Å². The molecule has 0 aliphatic rings. The molecule has 0 heterocycles. The van der Waals surface area contributed by atoms with Crippen LogP contribution in [0.3, 0.4) is 0 Å². The highest BCUT2D eigenvalue weighted by Gasteiger charge is 2.37. The van der Waals surface area contributed by atoms with Crippen molar-refractivity contribution in [1.82, 2.24) is 4.90 Å². The Hall–Kier alpha value is -1.84. The lowest BCUT2D eigenvalue weighted by molar-refractivity contribution is -0.117. The molecule has 0 fully saturated rings. The Morgan fingerprint density at radius 1 is 1.19 bits per heavy atom. The first kappa shape index (κ1) is 17.2. The van der Waals surface area contributed by atoms with Crippen LogP contribution in [0.2, 0.25) is 0 Å². The molecule has 0 bridgehead atoms. The van der Waals surface area contributed by atoms with Gasteiger partial charge < -0.3 is 9.53 Å². The molecule has 0 saturated carbocycles. The van der Waals surface area contributed by atoms with E-state index in [-0.39, 0.29) is 0 Å². The normalized spacial score (nSPS) is 14.2. The fourth-order valence-corrected chi connectivity index (χ4v) is 2.22. The van der Waals surface area contributed by atoms with Gasteiger partial charge in [-0.05, 0) is 52.7 Å². The Kier molecular flexibility index (Phi) is 4.82. The molecule has 21 heavy (non-hydrogen) atoms. The summed E-state index contributed by atoms with van der Waals surface area (Å²) in [5.41, 5.74) is 1.23. The van der Waals surface area contributed by atoms with Crippen LogP contribution in [-0.4, -0.2) is 29.9 Å². The Morgan fingerprint density at radius 3 is 2.19 bits per heavy atom. The average Bonchev–Trinajstić information content (AvgIpc) is 2.34. The molecule has 0 N–H and O–H groups in total. The monoisotopic (exact) mass is 291 g/mol. The van der Waals surface area contributed by atoms with Gasteiger partial charge in [0, 0.05) is 7.05 Å². The minimum atomic E-state index is -1.06. The molecule has 1 aromatic rings. The van der Waals surface area contributed by atoms with E-state index >= 15 is 0 Å². The van der Waals surface area contributed by atoms with Crippen molar-refractivity contribution >= 4 is 12.4 Å². The lowest BCUT2D eigenvalue weighted by Gasteiger charge is -2.36. The second kappa shape index (κ2) is 5.88. The van der Waals surface area contributed by atoms with Crippen molar-refractivity contribution in [1.29, 1.82) is 0 Å². The van der Waals surface area contributed by atoms with E-state index in [2.05, 4.69) is 0 Å². The summed E-state index contributed by atoms with van der Waals surface area (Å²) in [5.74, 6) is 0. The molecule has 116 valence electrons. The van der Waals surface area contributed by atoms with Gasteiger partial charge in [-0.3, -0.25) is 4.90 Å². The van der Waals surface area contributed by atoms with Crippen molar-refractivity contribution in [3.63, 3.8) is 0 Å². The van der Waals surface area contributed by atoms with Crippen molar-refractivity contribution in [2.24, 2.45) is 0 Å². The van der Waals surface area contributed by atoms with E-state index < -0.39 is 17.2 Å². The molecule has 1 atom stereocenters. The number of aldehydes is 1. The molecule has 1 amide bonds. The summed E-state index contributed by atoms with van der Waals surface area (Å²) in [4.78, 5) is 25.3. The molecule has 1 rings (SSSR count). The van der Waals surface area contributed by atoms with E-state index in [1.54, 1.807) is 34.7 Å². The highest BCUT2D eigenvalue weighted by atomic mass is 16.6. The average molecular weight is 291 g/mol. The van der Waals surface area contributed by atoms with E-state index in [0.717, 1.165) is 23.0 Å². The summed E-state index contributed by atoms with van der Waals surface area (Å²) in [5, 5.41) is 0. The van der Waals surface area contributed by atoms with Crippen LogP contribution in [0, 0.1) is 13.8 Å². The van der Waals surface area contributed by atoms with Crippen LogP contribution in [-0.2, 0) is 15.1 Å².